The van der Waals surface area contributed by atoms with Crippen LogP contribution in [-0.2, 0) is 11.3 Å². The van der Waals surface area contributed by atoms with Crippen molar-refractivity contribution in [1.29, 1.82) is 0 Å². The summed E-state index contributed by atoms with van der Waals surface area (Å²) >= 11 is 0. The van der Waals surface area contributed by atoms with E-state index in [0.717, 1.165) is 19.7 Å². The van der Waals surface area contributed by atoms with Crippen LogP contribution >= 0.6 is 0 Å². The molecule has 3 nitrogen and oxygen atoms in total. The molecule has 0 unspecified atom stereocenters. The van der Waals surface area contributed by atoms with E-state index < -0.39 is 0 Å². The van der Waals surface area contributed by atoms with Crippen molar-refractivity contribution in [3.63, 3.8) is 0 Å². The van der Waals surface area contributed by atoms with Gasteiger partial charge in [-0.15, -0.1) is 0 Å². The fourth-order valence-corrected chi connectivity index (χ4v) is 2.38. The Balaban J connectivity index is 1.70. The van der Waals surface area contributed by atoms with E-state index in [2.05, 4.69) is 5.32 Å². The summed E-state index contributed by atoms with van der Waals surface area (Å²) in [7, 11) is 1.78. The second kappa shape index (κ2) is 5.51. The molecule has 1 aliphatic carbocycles. The minimum absolute atomic E-state index is 0.500. The van der Waals surface area contributed by atoms with Gasteiger partial charge in [-0.1, -0.05) is 6.42 Å². The van der Waals surface area contributed by atoms with E-state index in [9.17, 15) is 0 Å². The molecule has 1 saturated carbocycles. The Kier molecular flexibility index (Phi) is 4.02. The molecule has 1 aromatic rings. The molecule has 0 bridgehead atoms. The first-order chi connectivity index (χ1) is 7.85. The van der Waals surface area contributed by atoms with Gasteiger partial charge in [-0.2, -0.15) is 0 Å². The first-order valence-electron chi connectivity index (χ1n) is 6.05. The molecule has 0 aromatic carbocycles. The zero-order valence-corrected chi connectivity index (χ0v) is 10.00. The van der Waals surface area contributed by atoms with Crippen LogP contribution in [-0.4, -0.2) is 20.3 Å². The fraction of sp³-hybridized carbons (Fsp3) is 0.692. The third kappa shape index (κ3) is 2.86. The van der Waals surface area contributed by atoms with Crippen molar-refractivity contribution in [2.45, 2.75) is 32.2 Å². The molecule has 1 fully saturated rings. The van der Waals surface area contributed by atoms with Crippen molar-refractivity contribution >= 4 is 0 Å². The summed E-state index contributed by atoms with van der Waals surface area (Å²) in [6.45, 7) is 2.89. The normalized spacial score (nSPS) is 18.3. The predicted molar refractivity (Wildman–Crippen MR) is 63.2 cm³/mol. The lowest BCUT2D eigenvalue weighted by atomic mass is 9.67. The van der Waals surface area contributed by atoms with Gasteiger partial charge in [0.1, 0.15) is 0 Å². The van der Waals surface area contributed by atoms with Gasteiger partial charge in [0.05, 0.1) is 12.5 Å². The molecule has 90 valence electrons. The van der Waals surface area contributed by atoms with E-state index in [0.29, 0.717) is 5.41 Å². The number of rotatable bonds is 7. The van der Waals surface area contributed by atoms with Crippen molar-refractivity contribution in [3.05, 3.63) is 24.2 Å². The smallest absolute Gasteiger partial charge is 0.0947 e. The first kappa shape index (κ1) is 11.7. The highest BCUT2D eigenvalue weighted by Gasteiger charge is 2.35. The Labute approximate surface area is 97.2 Å². The average Bonchev–Trinajstić information content (AvgIpc) is 2.73. The van der Waals surface area contributed by atoms with Crippen LogP contribution in [0.5, 0.6) is 0 Å². The largest absolute Gasteiger partial charge is 0.472 e. The number of furan rings is 1. The Bertz CT molecular complexity index is 291. The van der Waals surface area contributed by atoms with Gasteiger partial charge in [-0.25, -0.2) is 0 Å². The lowest BCUT2D eigenvalue weighted by Gasteiger charge is -2.42. The van der Waals surface area contributed by atoms with E-state index in [-0.39, 0.29) is 0 Å². The molecule has 3 heteroatoms. The maximum Gasteiger partial charge on any atom is 0.0947 e. The summed E-state index contributed by atoms with van der Waals surface area (Å²) in [5, 5.41) is 3.52. The zero-order valence-electron chi connectivity index (χ0n) is 10.00. The lowest BCUT2D eigenvalue weighted by Crippen LogP contribution is -2.40. The molecule has 0 aliphatic heterocycles. The molecule has 0 spiro atoms. The van der Waals surface area contributed by atoms with Crippen molar-refractivity contribution in [2.24, 2.45) is 5.41 Å². The van der Waals surface area contributed by atoms with Crippen LogP contribution in [0.3, 0.4) is 0 Å². The summed E-state index contributed by atoms with van der Waals surface area (Å²) in [5.41, 5.74) is 1.72. The van der Waals surface area contributed by atoms with Crippen LogP contribution in [0.1, 0.15) is 31.2 Å². The van der Waals surface area contributed by atoms with Gasteiger partial charge >= 0.3 is 0 Å². The number of hydrogen-bond acceptors (Lipinski definition) is 3. The third-order valence-electron chi connectivity index (χ3n) is 3.66. The summed E-state index contributed by atoms with van der Waals surface area (Å²) in [4.78, 5) is 0. The van der Waals surface area contributed by atoms with E-state index in [1.165, 1.54) is 31.2 Å². The fourth-order valence-electron chi connectivity index (χ4n) is 2.38. The van der Waals surface area contributed by atoms with Gasteiger partial charge in [-0.05, 0) is 30.7 Å². The number of hydrogen-bond donors (Lipinski definition) is 1. The van der Waals surface area contributed by atoms with Gasteiger partial charge in [0.2, 0.25) is 0 Å². The molecule has 1 aromatic heterocycles. The third-order valence-corrected chi connectivity index (χ3v) is 3.66. The number of methoxy groups -OCH3 is 1. The van der Waals surface area contributed by atoms with Gasteiger partial charge in [0.15, 0.2) is 0 Å². The minimum atomic E-state index is 0.500. The maximum atomic E-state index is 5.18. The predicted octanol–water partition coefficient (Wildman–Crippen LogP) is 2.58. The molecule has 1 heterocycles. The Morgan fingerprint density at radius 1 is 1.50 bits per heavy atom. The van der Waals surface area contributed by atoms with E-state index in [1.807, 2.05) is 6.07 Å². The van der Waals surface area contributed by atoms with Crippen LogP contribution in [0, 0.1) is 5.41 Å². The van der Waals surface area contributed by atoms with E-state index >= 15 is 0 Å². The Morgan fingerprint density at radius 2 is 2.38 bits per heavy atom. The van der Waals surface area contributed by atoms with Crippen LogP contribution in [0.25, 0.3) is 0 Å². The molecular weight excluding hydrogens is 202 g/mol. The monoisotopic (exact) mass is 223 g/mol. The summed E-state index contributed by atoms with van der Waals surface area (Å²) in [5.74, 6) is 0. The van der Waals surface area contributed by atoms with Gasteiger partial charge in [0, 0.05) is 32.4 Å². The molecule has 1 N–H and O–H groups in total. The molecule has 0 saturated heterocycles. The van der Waals surface area contributed by atoms with Gasteiger partial charge in [0.25, 0.3) is 0 Å². The van der Waals surface area contributed by atoms with Crippen LogP contribution in [0.15, 0.2) is 23.0 Å². The van der Waals surface area contributed by atoms with Gasteiger partial charge < -0.3 is 14.5 Å². The van der Waals surface area contributed by atoms with Crippen molar-refractivity contribution in [3.8, 4) is 0 Å². The quantitative estimate of drug-likeness (QED) is 0.771. The second-order valence-corrected chi connectivity index (χ2v) is 4.83. The average molecular weight is 223 g/mol. The second-order valence-electron chi connectivity index (χ2n) is 4.83. The topological polar surface area (TPSA) is 34.4 Å². The molecule has 2 rings (SSSR count). The first-order valence-corrected chi connectivity index (χ1v) is 6.05. The van der Waals surface area contributed by atoms with Crippen molar-refractivity contribution < 1.29 is 9.15 Å². The van der Waals surface area contributed by atoms with E-state index in [1.54, 1.807) is 19.6 Å². The highest BCUT2D eigenvalue weighted by molar-refractivity contribution is 5.04. The Hall–Kier alpha value is -0.800. The highest BCUT2D eigenvalue weighted by Crippen LogP contribution is 2.43. The Morgan fingerprint density at radius 3 is 2.94 bits per heavy atom. The van der Waals surface area contributed by atoms with Crippen molar-refractivity contribution in [1.82, 2.24) is 5.32 Å². The minimum Gasteiger partial charge on any atom is -0.472 e. The summed E-state index contributed by atoms with van der Waals surface area (Å²) in [6.07, 6.45) is 8.76. The van der Waals surface area contributed by atoms with Crippen LogP contribution in [0.4, 0.5) is 0 Å². The molecule has 0 radical (unpaired) electrons. The lowest BCUT2D eigenvalue weighted by molar-refractivity contribution is 0.0689. The van der Waals surface area contributed by atoms with Crippen LogP contribution < -0.4 is 5.32 Å². The highest BCUT2D eigenvalue weighted by atomic mass is 16.5. The number of ether oxygens (including phenoxy) is 1. The number of nitrogens with one attached hydrogen (secondary N) is 1. The molecule has 0 amide bonds. The maximum absolute atomic E-state index is 5.18. The molecular formula is C13H21NO2. The summed E-state index contributed by atoms with van der Waals surface area (Å²) < 4.78 is 10.2. The van der Waals surface area contributed by atoms with Crippen LogP contribution in [0.2, 0.25) is 0 Å². The zero-order chi connectivity index (χ0) is 11.3. The molecule has 1 aliphatic rings. The SMILES string of the molecule is COCCC1(CNCc2ccoc2)CCC1. The molecule has 0 atom stereocenters. The standard InChI is InChI=1S/C13H21NO2/c1-15-8-6-13(4-2-5-13)11-14-9-12-3-7-16-10-12/h3,7,10,14H,2,4-6,8-9,11H2,1H3. The van der Waals surface area contributed by atoms with Gasteiger partial charge in [-0.3, -0.25) is 0 Å². The molecule has 16 heavy (non-hydrogen) atoms. The van der Waals surface area contributed by atoms with E-state index in [4.69, 9.17) is 9.15 Å². The summed E-state index contributed by atoms with van der Waals surface area (Å²) in [6, 6.07) is 2.01. The van der Waals surface area contributed by atoms with Crippen molar-refractivity contribution in [2.75, 3.05) is 20.3 Å².